The third kappa shape index (κ3) is 6.28. The Labute approximate surface area is 168 Å². The summed E-state index contributed by atoms with van der Waals surface area (Å²) in [5, 5.41) is 12.3. The quantitative estimate of drug-likeness (QED) is 0.449. The molecule has 0 aliphatic rings. The smallest absolute Gasteiger partial charge is 0.233 e. The summed E-state index contributed by atoms with van der Waals surface area (Å²) in [6, 6.07) is 5.65. The second-order valence-corrected chi connectivity index (χ2v) is 8.04. The summed E-state index contributed by atoms with van der Waals surface area (Å²) in [6.07, 6.45) is 2.23. The van der Waals surface area contributed by atoms with Gasteiger partial charge in [-0.05, 0) is 12.5 Å². The van der Waals surface area contributed by atoms with E-state index in [9.17, 15) is 4.79 Å². The first-order valence-electron chi connectivity index (χ1n) is 8.73. The molecule has 0 spiro atoms. The average molecular weight is 411 g/mol. The topological polar surface area (TPSA) is 76.6 Å². The predicted octanol–water partition coefficient (Wildman–Crippen LogP) is 3.52. The maximum Gasteiger partial charge on any atom is 0.233 e. The summed E-state index contributed by atoms with van der Waals surface area (Å²) in [5.74, 6) is 1.63. The van der Waals surface area contributed by atoms with Crippen LogP contribution in [0.5, 0.6) is 11.5 Å². The molecule has 0 saturated heterocycles. The van der Waals surface area contributed by atoms with Crippen LogP contribution in [0.1, 0.15) is 25.3 Å². The van der Waals surface area contributed by atoms with E-state index in [4.69, 9.17) is 9.47 Å². The molecule has 0 fully saturated rings. The van der Waals surface area contributed by atoms with Crippen LogP contribution in [-0.4, -0.2) is 54.6 Å². The Morgan fingerprint density at radius 3 is 2.81 bits per heavy atom. The number of nitrogens with one attached hydrogen (secondary N) is 1. The summed E-state index contributed by atoms with van der Waals surface area (Å²) in [4.78, 5) is 14.1. The van der Waals surface area contributed by atoms with E-state index in [1.807, 2.05) is 18.2 Å². The molecule has 0 aliphatic carbocycles. The van der Waals surface area contributed by atoms with Crippen LogP contribution in [0.15, 0.2) is 22.5 Å². The molecule has 1 amide bonds. The monoisotopic (exact) mass is 410 g/mol. The molecule has 1 aromatic heterocycles. The Morgan fingerprint density at radius 2 is 2.11 bits per heavy atom. The number of carbonyl (C=O) groups is 1. The van der Waals surface area contributed by atoms with Crippen LogP contribution in [0.25, 0.3) is 0 Å². The van der Waals surface area contributed by atoms with Gasteiger partial charge in [0.1, 0.15) is 0 Å². The lowest BCUT2D eigenvalue weighted by Crippen LogP contribution is -2.28. The molecule has 0 bridgehead atoms. The Bertz CT molecular complexity index is 739. The molecular formula is C18H26N4O3S2. The zero-order valence-electron chi connectivity index (χ0n) is 16.2. The number of amides is 1. The fourth-order valence-corrected chi connectivity index (χ4v) is 4.09. The highest BCUT2D eigenvalue weighted by Crippen LogP contribution is 2.31. The van der Waals surface area contributed by atoms with E-state index in [0.717, 1.165) is 34.4 Å². The van der Waals surface area contributed by atoms with Crippen LogP contribution >= 0.6 is 23.1 Å². The summed E-state index contributed by atoms with van der Waals surface area (Å²) < 4.78 is 11.5. The third-order valence-corrected chi connectivity index (χ3v) is 5.85. The summed E-state index contributed by atoms with van der Waals surface area (Å²) >= 11 is 2.88. The number of rotatable bonds is 11. The molecule has 0 aliphatic heterocycles. The van der Waals surface area contributed by atoms with Crippen LogP contribution in [-0.2, 0) is 11.3 Å². The molecular weight excluding hydrogens is 384 g/mol. The maximum atomic E-state index is 12.5. The van der Waals surface area contributed by atoms with Gasteiger partial charge in [-0.15, -0.1) is 10.2 Å². The molecule has 2 rings (SSSR count). The van der Waals surface area contributed by atoms with Crippen molar-refractivity contribution in [2.45, 2.75) is 30.6 Å². The number of hydrogen-bond acceptors (Lipinski definition) is 8. The molecule has 2 aromatic rings. The van der Waals surface area contributed by atoms with Crippen molar-refractivity contribution >= 4 is 34.1 Å². The van der Waals surface area contributed by atoms with Gasteiger partial charge in [0.2, 0.25) is 11.0 Å². The van der Waals surface area contributed by atoms with Crippen LogP contribution in [0.4, 0.5) is 5.13 Å². The molecule has 1 heterocycles. The molecule has 0 radical (unpaired) electrons. The third-order valence-electron chi connectivity index (χ3n) is 3.85. The maximum absolute atomic E-state index is 12.5. The molecule has 27 heavy (non-hydrogen) atoms. The van der Waals surface area contributed by atoms with Gasteiger partial charge in [0.05, 0.1) is 20.0 Å². The van der Waals surface area contributed by atoms with E-state index in [0.29, 0.717) is 23.8 Å². The summed E-state index contributed by atoms with van der Waals surface area (Å²) in [6.45, 7) is 3.48. The van der Waals surface area contributed by atoms with Crippen molar-refractivity contribution in [1.29, 1.82) is 0 Å². The van der Waals surface area contributed by atoms with Crippen molar-refractivity contribution in [2.24, 2.45) is 0 Å². The molecule has 1 N–H and O–H groups in total. The fourth-order valence-electron chi connectivity index (χ4n) is 2.37. The minimum atomic E-state index is 0.0144. The van der Waals surface area contributed by atoms with Gasteiger partial charge in [-0.1, -0.05) is 48.6 Å². The highest BCUT2D eigenvalue weighted by atomic mass is 32.2. The van der Waals surface area contributed by atoms with Crippen LogP contribution in [0, 0.1) is 0 Å². The Hall–Kier alpha value is -2.00. The lowest BCUT2D eigenvalue weighted by Gasteiger charge is -2.19. The number of nitrogens with zero attached hydrogens (tertiary/aromatic N) is 3. The predicted molar refractivity (Wildman–Crippen MR) is 110 cm³/mol. The molecule has 0 saturated carbocycles. The number of hydrogen-bond donors (Lipinski definition) is 1. The van der Waals surface area contributed by atoms with Gasteiger partial charge in [-0.25, -0.2) is 0 Å². The normalized spacial score (nSPS) is 10.5. The van der Waals surface area contributed by atoms with Gasteiger partial charge in [-0.2, -0.15) is 0 Å². The fraction of sp³-hybridized carbons (Fsp3) is 0.500. The van der Waals surface area contributed by atoms with Crippen molar-refractivity contribution in [2.75, 3.05) is 38.9 Å². The number of anilines is 1. The Balaban J connectivity index is 1.87. The first-order chi connectivity index (χ1) is 13.1. The largest absolute Gasteiger partial charge is 0.493 e. The van der Waals surface area contributed by atoms with E-state index in [-0.39, 0.29) is 5.91 Å². The number of methoxy groups -OCH3 is 2. The number of benzene rings is 1. The molecule has 1 aromatic carbocycles. The highest BCUT2D eigenvalue weighted by molar-refractivity contribution is 8.01. The second-order valence-electron chi connectivity index (χ2n) is 5.84. The van der Waals surface area contributed by atoms with E-state index in [1.165, 1.54) is 23.1 Å². The Kier molecular flexibility index (Phi) is 8.66. The number of para-hydroxylation sites is 1. The molecule has 9 heteroatoms. The molecule has 148 valence electrons. The number of aromatic nitrogens is 2. The highest BCUT2D eigenvalue weighted by Gasteiger charge is 2.16. The zero-order valence-corrected chi connectivity index (χ0v) is 17.8. The van der Waals surface area contributed by atoms with Crippen molar-refractivity contribution in [3.8, 4) is 11.5 Å². The summed E-state index contributed by atoms with van der Waals surface area (Å²) in [7, 11) is 4.97. The van der Waals surface area contributed by atoms with E-state index in [1.54, 1.807) is 26.2 Å². The van der Waals surface area contributed by atoms with Crippen molar-refractivity contribution in [3.05, 3.63) is 23.8 Å². The standard InChI is InChI=1S/C18H26N4O3S2/c1-5-6-10-19-17-20-21-18(27-17)26-12-15(23)22(2)11-13-8-7-9-14(24-3)16(13)25-4/h7-9H,5-6,10-12H2,1-4H3,(H,19,20). The van der Waals surface area contributed by atoms with Gasteiger partial charge in [0, 0.05) is 25.7 Å². The SMILES string of the molecule is CCCCNc1nnc(SCC(=O)N(C)Cc2cccc(OC)c2OC)s1. The van der Waals surface area contributed by atoms with Gasteiger partial charge in [0.15, 0.2) is 15.8 Å². The van der Waals surface area contributed by atoms with Crippen molar-refractivity contribution < 1.29 is 14.3 Å². The van der Waals surface area contributed by atoms with Crippen molar-refractivity contribution in [3.63, 3.8) is 0 Å². The van der Waals surface area contributed by atoms with E-state index in [2.05, 4.69) is 22.4 Å². The zero-order chi connectivity index (χ0) is 19.6. The molecule has 0 unspecified atom stereocenters. The second kappa shape index (κ2) is 11.0. The molecule has 0 atom stereocenters. The van der Waals surface area contributed by atoms with Gasteiger partial charge >= 0.3 is 0 Å². The molecule has 7 nitrogen and oxygen atoms in total. The van der Waals surface area contributed by atoms with Crippen LogP contribution in [0.3, 0.4) is 0 Å². The minimum absolute atomic E-state index is 0.0144. The van der Waals surface area contributed by atoms with Gasteiger partial charge < -0.3 is 19.7 Å². The van der Waals surface area contributed by atoms with Crippen LogP contribution in [0.2, 0.25) is 0 Å². The first-order valence-corrected chi connectivity index (χ1v) is 10.5. The number of thioether (sulfide) groups is 1. The van der Waals surface area contributed by atoms with E-state index < -0.39 is 0 Å². The van der Waals surface area contributed by atoms with Crippen LogP contribution < -0.4 is 14.8 Å². The van der Waals surface area contributed by atoms with E-state index >= 15 is 0 Å². The lowest BCUT2D eigenvalue weighted by atomic mass is 10.1. The van der Waals surface area contributed by atoms with Crippen molar-refractivity contribution in [1.82, 2.24) is 15.1 Å². The van der Waals surface area contributed by atoms with Gasteiger partial charge in [-0.3, -0.25) is 4.79 Å². The average Bonchev–Trinajstić information content (AvgIpc) is 3.13. The first kappa shape index (κ1) is 21.3. The Morgan fingerprint density at radius 1 is 1.30 bits per heavy atom. The minimum Gasteiger partial charge on any atom is -0.493 e. The lowest BCUT2D eigenvalue weighted by molar-refractivity contribution is -0.127. The number of unbranched alkanes of at least 4 members (excludes halogenated alkanes) is 1. The number of carbonyl (C=O) groups excluding carboxylic acids is 1. The number of ether oxygens (including phenoxy) is 2. The van der Waals surface area contributed by atoms with Gasteiger partial charge in [0.25, 0.3) is 0 Å². The summed E-state index contributed by atoms with van der Waals surface area (Å²) in [5.41, 5.74) is 0.899.